The highest BCUT2D eigenvalue weighted by Gasteiger charge is 2.41. The molecule has 144 valence electrons. The second-order valence-electron chi connectivity index (χ2n) is 7.78. The molecule has 2 fully saturated rings. The van der Waals surface area contributed by atoms with Crippen molar-refractivity contribution in [1.82, 2.24) is 30.0 Å². The van der Waals surface area contributed by atoms with Crippen molar-refractivity contribution in [3.63, 3.8) is 0 Å². The molecule has 2 bridgehead atoms. The molecule has 0 aliphatic carbocycles. The van der Waals surface area contributed by atoms with Crippen LogP contribution in [-0.2, 0) is 11.2 Å². The number of nitrogens with zero attached hydrogens (tertiary/aromatic N) is 6. The van der Waals surface area contributed by atoms with Crippen LogP contribution in [0.3, 0.4) is 0 Å². The van der Waals surface area contributed by atoms with Gasteiger partial charge < -0.3 is 9.80 Å². The quantitative estimate of drug-likeness (QED) is 0.679. The van der Waals surface area contributed by atoms with E-state index in [4.69, 9.17) is 4.98 Å². The van der Waals surface area contributed by atoms with Gasteiger partial charge in [0.2, 0.25) is 5.91 Å². The number of carbonyl (C=O) groups is 1. The van der Waals surface area contributed by atoms with Gasteiger partial charge in [-0.25, -0.2) is 4.98 Å². The number of likely N-dealkylation sites (tertiary alicyclic amines) is 1. The average Bonchev–Trinajstić information content (AvgIpc) is 3.22. The standard InChI is InChI=1S/C20H22N6OS/c1-12-23-24-20(28-12)17-6-3-13-9-21-14(7-18(13)22-17)8-19(27)26-15-4-5-16(26)11-25(2)10-15/h3,6-7,9,15-16H,4-5,8,10-11H2,1-2H3. The van der Waals surface area contributed by atoms with Gasteiger partial charge >= 0.3 is 0 Å². The fourth-order valence-corrected chi connectivity index (χ4v) is 5.10. The molecule has 2 saturated heterocycles. The van der Waals surface area contributed by atoms with Crippen LogP contribution in [0.5, 0.6) is 0 Å². The fourth-order valence-electron chi connectivity index (χ4n) is 4.44. The number of fused-ring (bicyclic) bond motifs is 3. The fraction of sp³-hybridized carbons (Fsp3) is 0.450. The molecule has 3 aromatic heterocycles. The zero-order valence-electron chi connectivity index (χ0n) is 16.0. The van der Waals surface area contributed by atoms with Crippen molar-refractivity contribution in [3.05, 3.63) is 35.1 Å². The van der Waals surface area contributed by atoms with Crippen LogP contribution >= 0.6 is 11.3 Å². The van der Waals surface area contributed by atoms with Gasteiger partial charge in [-0.15, -0.1) is 10.2 Å². The lowest BCUT2D eigenvalue weighted by molar-refractivity contribution is -0.135. The molecule has 2 unspecified atom stereocenters. The van der Waals surface area contributed by atoms with E-state index in [2.05, 4.69) is 32.0 Å². The number of pyridine rings is 2. The van der Waals surface area contributed by atoms with Crippen molar-refractivity contribution in [2.45, 2.75) is 38.3 Å². The average molecular weight is 395 g/mol. The molecule has 28 heavy (non-hydrogen) atoms. The van der Waals surface area contributed by atoms with Crippen LogP contribution in [0.2, 0.25) is 0 Å². The van der Waals surface area contributed by atoms with Gasteiger partial charge in [0.1, 0.15) is 10.7 Å². The number of amides is 1. The first kappa shape index (κ1) is 17.6. The molecule has 3 aromatic rings. The van der Waals surface area contributed by atoms with Crippen LogP contribution in [0.4, 0.5) is 0 Å². The van der Waals surface area contributed by atoms with Crippen molar-refractivity contribution < 1.29 is 4.79 Å². The minimum absolute atomic E-state index is 0.184. The predicted octanol–water partition coefficient (Wildman–Crippen LogP) is 2.30. The van der Waals surface area contributed by atoms with Crippen molar-refractivity contribution in [2.75, 3.05) is 20.1 Å². The van der Waals surface area contributed by atoms with Crippen LogP contribution < -0.4 is 0 Å². The van der Waals surface area contributed by atoms with Crippen molar-refractivity contribution in [1.29, 1.82) is 0 Å². The van der Waals surface area contributed by atoms with Crippen LogP contribution in [0.15, 0.2) is 24.4 Å². The molecular formula is C20H22N6OS. The Labute approximate surface area is 167 Å². The summed E-state index contributed by atoms with van der Waals surface area (Å²) >= 11 is 1.53. The lowest BCUT2D eigenvalue weighted by Crippen LogP contribution is -2.55. The molecule has 0 spiro atoms. The SMILES string of the molecule is Cc1nnc(-c2ccc3cnc(CC(=O)N4C5CCC4CN(C)C5)cc3n2)s1. The molecule has 5 heterocycles. The van der Waals surface area contributed by atoms with Crippen molar-refractivity contribution >= 4 is 28.1 Å². The lowest BCUT2D eigenvalue weighted by Gasteiger charge is -2.39. The van der Waals surface area contributed by atoms with Gasteiger partial charge in [0, 0.05) is 36.8 Å². The number of hydrogen-bond donors (Lipinski definition) is 0. The molecule has 0 N–H and O–H groups in total. The minimum atomic E-state index is 0.184. The Balaban J connectivity index is 1.39. The van der Waals surface area contributed by atoms with E-state index in [9.17, 15) is 4.79 Å². The second-order valence-corrected chi connectivity index (χ2v) is 8.96. The van der Waals surface area contributed by atoms with E-state index < -0.39 is 0 Å². The van der Waals surface area contributed by atoms with E-state index in [0.29, 0.717) is 18.5 Å². The number of piperazine rings is 1. The smallest absolute Gasteiger partial charge is 0.229 e. The van der Waals surface area contributed by atoms with Crippen LogP contribution in [-0.4, -0.2) is 68.1 Å². The Morgan fingerprint density at radius 2 is 2.00 bits per heavy atom. The number of aromatic nitrogens is 4. The van der Waals surface area contributed by atoms with Gasteiger partial charge in [-0.1, -0.05) is 11.3 Å². The first-order chi connectivity index (χ1) is 13.6. The number of carbonyl (C=O) groups excluding carboxylic acids is 1. The normalized spacial score (nSPS) is 22.1. The van der Waals surface area contributed by atoms with Gasteiger partial charge in [-0.3, -0.25) is 9.78 Å². The van der Waals surface area contributed by atoms with Crippen molar-refractivity contribution in [3.8, 4) is 10.7 Å². The molecule has 2 aliphatic rings. The zero-order chi connectivity index (χ0) is 19.3. The summed E-state index contributed by atoms with van der Waals surface area (Å²) in [5.74, 6) is 0.184. The molecule has 0 saturated carbocycles. The van der Waals surface area contributed by atoms with Crippen LogP contribution in [0.25, 0.3) is 21.6 Å². The van der Waals surface area contributed by atoms with E-state index in [1.165, 1.54) is 11.3 Å². The van der Waals surface area contributed by atoms with E-state index in [0.717, 1.165) is 58.2 Å². The molecule has 8 heteroatoms. The predicted molar refractivity (Wildman–Crippen MR) is 108 cm³/mol. The molecule has 7 nitrogen and oxygen atoms in total. The third-order valence-corrected chi connectivity index (χ3v) is 6.52. The highest BCUT2D eigenvalue weighted by atomic mass is 32.1. The molecule has 0 aromatic carbocycles. The highest BCUT2D eigenvalue weighted by molar-refractivity contribution is 7.14. The summed E-state index contributed by atoms with van der Waals surface area (Å²) in [5.41, 5.74) is 2.41. The van der Waals surface area contributed by atoms with Gasteiger partial charge in [-0.2, -0.15) is 0 Å². The summed E-state index contributed by atoms with van der Waals surface area (Å²) in [7, 11) is 2.14. The van der Waals surface area contributed by atoms with Gasteiger partial charge in [0.15, 0.2) is 5.01 Å². The molecule has 1 amide bonds. The maximum absolute atomic E-state index is 13.0. The molecule has 5 rings (SSSR count). The highest BCUT2D eigenvalue weighted by Crippen LogP contribution is 2.30. The van der Waals surface area contributed by atoms with E-state index in [1.807, 2.05) is 25.1 Å². The van der Waals surface area contributed by atoms with Crippen molar-refractivity contribution in [2.24, 2.45) is 0 Å². The van der Waals surface area contributed by atoms with E-state index in [1.54, 1.807) is 6.20 Å². The largest absolute Gasteiger partial charge is 0.334 e. The molecular weight excluding hydrogens is 372 g/mol. The Morgan fingerprint density at radius 1 is 1.21 bits per heavy atom. The number of hydrogen-bond acceptors (Lipinski definition) is 7. The summed E-state index contributed by atoms with van der Waals surface area (Å²) in [6.45, 7) is 3.88. The summed E-state index contributed by atoms with van der Waals surface area (Å²) in [5, 5.41) is 10.9. The molecule has 2 aliphatic heterocycles. The third kappa shape index (κ3) is 3.16. The monoisotopic (exact) mass is 394 g/mol. The maximum Gasteiger partial charge on any atom is 0.229 e. The topological polar surface area (TPSA) is 75.1 Å². The lowest BCUT2D eigenvalue weighted by atomic mass is 10.1. The Hall–Kier alpha value is -2.45. The van der Waals surface area contributed by atoms with E-state index >= 15 is 0 Å². The zero-order valence-corrected chi connectivity index (χ0v) is 16.8. The number of rotatable bonds is 3. The van der Waals surface area contributed by atoms with Gasteiger partial charge in [-0.05, 0) is 45.0 Å². The Kier molecular flexibility index (Phi) is 4.32. The summed E-state index contributed by atoms with van der Waals surface area (Å²) in [6.07, 6.45) is 4.35. The minimum Gasteiger partial charge on any atom is -0.334 e. The first-order valence-electron chi connectivity index (χ1n) is 9.63. The van der Waals surface area contributed by atoms with Crippen LogP contribution in [0.1, 0.15) is 23.5 Å². The molecule has 2 atom stereocenters. The maximum atomic E-state index is 13.0. The second kappa shape index (κ2) is 6.86. The Bertz CT molecular complexity index is 1040. The third-order valence-electron chi connectivity index (χ3n) is 5.66. The number of aryl methyl sites for hydroxylation is 1. The van der Waals surface area contributed by atoms with Crippen LogP contribution in [0, 0.1) is 6.92 Å². The molecule has 0 radical (unpaired) electrons. The summed E-state index contributed by atoms with van der Waals surface area (Å²) in [4.78, 5) is 26.7. The Morgan fingerprint density at radius 3 is 2.71 bits per heavy atom. The summed E-state index contributed by atoms with van der Waals surface area (Å²) in [6, 6.07) is 6.57. The first-order valence-corrected chi connectivity index (χ1v) is 10.4. The summed E-state index contributed by atoms with van der Waals surface area (Å²) < 4.78 is 0. The van der Waals surface area contributed by atoms with E-state index in [-0.39, 0.29) is 5.91 Å². The van der Waals surface area contributed by atoms with Gasteiger partial charge in [0.05, 0.1) is 17.6 Å². The number of likely N-dealkylation sites (N-methyl/N-ethyl adjacent to an activating group) is 1. The van der Waals surface area contributed by atoms with Gasteiger partial charge in [0.25, 0.3) is 0 Å².